The van der Waals surface area contributed by atoms with E-state index in [1.807, 2.05) is 6.21 Å². The first-order valence-corrected chi connectivity index (χ1v) is 3.63. The van der Waals surface area contributed by atoms with Crippen LogP contribution in [-0.2, 0) is 0 Å². The topological polar surface area (TPSA) is 12.4 Å². The maximum Gasteiger partial charge on any atom is 1.00 e. The fraction of sp³-hybridized carbons (Fsp3) is 0.875. The third-order valence-corrected chi connectivity index (χ3v) is 0.874. The summed E-state index contributed by atoms with van der Waals surface area (Å²) in [5, 5.41) is 0. The van der Waals surface area contributed by atoms with Gasteiger partial charge in [-0.05, 0) is 11.8 Å². The van der Waals surface area contributed by atoms with Crippen LogP contribution in [0.5, 0.6) is 0 Å². The molecule has 0 unspecified atom stereocenters. The molecule has 0 saturated carbocycles. The normalized spacial score (nSPS) is 11.0. The average Bonchev–Trinajstić information content (AvgIpc) is 1.63. The van der Waals surface area contributed by atoms with Gasteiger partial charge in [-0.25, -0.2) is 0 Å². The predicted octanol–water partition coefficient (Wildman–Crippen LogP) is -0.514. The van der Waals surface area contributed by atoms with E-state index in [2.05, 4.69) is 32.7 Å². The maximum absolute atomic E-state index is 4.25. The minimum atomic E-state index is 0. The zero-order valence-corrected chi connectivity index (χ0v) is 7.89. The van der Waals surface area contributed by atoms with E-state index in [0.29, 0.717) is 11.8 Å². The summed E-state index contributed by atoms with van der Waals surface area (Å²) >= 11 is 0. The van der Waals surface area contributed by atoms with Crippen LogP contribution in [0, 0.1) is 11.8 Å². The molecule has 0 rings (SSSR count). The van der Waals surface area contributed by atoms with Crippen LogP contribution in [-0.4, -0.2) is 12.8 Å². The first-order chi connectivity index (χ1) is 4.13. The van der Waals surface area contributed by atoms with Gasteiger partial charge in [0.15, 0.2) is 0 Å². The molecule has 0 aromatic carbocycles. The molecule has 0 saturated heterocycles. The summed E-state index contributed by atoms with van der Waals surface area (Å²) in [6.07, 6.45) is 2.01. The monoisotopic (exact) mass is 135 g/mol. The van der Waals surface area contributed by atoms with Crippen LogP contribution < -0.4 is 18.9 Å². The zero-order valence-electron chi connectivity index (χ0n) is 8.89. The van der Waals surface area contributed by atoms with Gasteiger partial charge in [-0.3, -0.25) is 4.99 Å². The number of rotatable bonds is 3. The van der Waals surface area contributed by atoms with Gasteiger partial charge in [-0.1, -0.05) is 27.7 Å². The Labute approximate surface area is 78.0 Å². The van der Waals surface area contributed by atoms with Crippen molar-refractivity contribution in [1.29, 1.82) is 0 Å². The first-order valence-electron chi connectivity index (χ1n) is 3.63. The van der Waals surface area contributed by atoms with Crippen molar-refractivity contribution < 1.29 is 20.3 Å². The van der Waals surface area contributed by atoms with Crippen molar-refractivity contribution in [3.63, 3.8) is 0 Å². The molecule has 0 amide bonds. The summed E-state index contributed by atoms with van der Waals surface area (Å²) in [7, 11) is 0. The molecule has 2 heteroatoms. The van der Waals surface area contributed by atoms with Crippen LogP contribution >= 0.6 is 0 Å². The second-order valence-corrected chi connectivity index (χ2v) is 3.15. The number of hydrogen-bond acceptors (Lipinski definition) is 1. The molecule has 56 valence electrons. The standard InChI is InChI=1S/C8H17N.Li.H/c1-7(2)5-9-6-8(3)4;;/h5,7-8H,6H2,1-4H3;;/q;+1;-1. The minimum absolute atomic E-state index is 0. The molecule has 0 atom stereocenters. The fourth-order valence-electron chi connectivity index (χ4n) is 0.482. The van der Waals surface area contributed by atoms with Gasteiger partial charge < -0.3 is 1.43 Å². The average molecular weight is 135 g/mol. The van der Waals surface area contributed by atoms with E-state index >= 15 is 0 Å². The molecule has 0 aliphatic rings. The molecule has 10 heavy (non-hydrogen) atoms. The van der Waals surface area contributed by atoms with Crippen LogP contribution in [0.2, 0.25) is 0 Å². The molecule has 0 N–H and O–H groups in total. The molecule has 0 heterocycles. The molecule has 0 spiro atoms. The van der Waals surface area contributed by atoms with E-state index in [1.165, 1.54) is 0 Å². The fourth-order valence-corrected chi connectivity index (χ4v) is 0.482. The van der Waals surface area contributed by atoms with E-state index in [9.17, 15) is 0 Å². The smallest absolute Gasteiger partial charge is 1.00 e. The molecule has 0 aliphatic heterocycles. The number of hydrogen-bond donors (Lipinski definition) is 0. The largest absolute Gasteiger partial charge is 1.00 e. The Morgan fingerprint density at radius 3 is 2.10 bits per heavy atom. The summed E-state index contributed by atoms with van der Waals surface area (Å²) in [4.78, 5) is 4.25. The van der Waals surface area contributed by atoms with Crippen LogP contribution in [0.1, 0.15) is 29.1 Å². The van der Waals surface area contributed by atoms with Crippen molar-refractivity contribution in [1.82, 2.24) is 0 Å². The first kappa shape index (κ1) is 12.9. The number of aliphatic imine (C=N–C) groups is 1. The van der Waals surface area contributed by atoms with Gasteiger partial charge in [-0.2, -0.15) is 0 Å². The second-order valence-electron chi connectivity index (χ2n) is 3.15. The molecule has 0 aliphatic carbocycles. The van der Waals surface area contributed by atoms with E-state index in [0.717, 1.165) is 6.54 Å². The van der Waals surface area contributed by atoms with E-state index < -0.39 is 0 Å². The van der Waals surface area contributed by atoms with Gasteiger partial charge >= 0.3 is 18.9 Å². The molecular formula is C8H18LiN. The number of nitrogens with zero attached hydrogens (tertiary/aromatic N) is 1. The van der Waals surface area contributed by atoms with Gasteiger partial charge in [0.2, 0.25) is 0 Å². The molecule has 1 nitrogen and oxygen atoms in total. The Hall–Kier alpha value is 0.267. The third kappa shape index (κ3) is 11.1. The molecule has 0 aromatic rings. The summed E-state index contributed by atoms with van der Waals surface area (Å²) in [6, 6.07) is 0. The van der Waals surface area contributed by atoms with E-state index in [-0.39, 0.29) is 20.3 Å². The summed E-state index contributed by atoms with van der Waals surface area (Å²) < 4.78 is 0. The van der Waals surface area contributed by atoms with Crippen molar-refractivity contribution >= 4 is 6.21 Å². The van der Waals surface area contributed by atoms with Crippen molar-refractivity contribution in [2.45, 2.75) is 27.7 Å². The Kier molecular flexibility index (Phi) is 9.52. The molecule has 0 bridgehead atoms. The van der Waals surface area contributed by atoms with E-state index in [1.54, 1.807) is 0 Å². The predicted molar refractivity (Wildman–Crippen MR) is 44.1 cm³/mol. The van der Waals surface area contributed by atoms with Crippen molar-refractivity contribution in [2.24, 2.45) is 16.8 Å². The second kappa shape index (κ2) is 7.38. The van der Waals surface area contributed by atoms with Gasteiger partial charge in [0, 0.05) is 12.8 Å². The molecule has 0 radical (unpaired) electrons. The van der Waals surface area contributed by atoms with Crippen molar-refractivity contribution in [3.05, 3.63) is 0 Å². The zero-order chi connectivity index (χ0) is 7.28. The van der Waals surface area contributed by atoms with Gasteiger partial charge in [0.05, 0.1) is 0 Å². The maximum atomic E-state index is 4.25. The molecule has 0 aromatic heterocycles. The Balaban J connectivity index is -0.000000320. The summed E-state index contributed by atoms with van der Waals surface area (Å²) in [5.41, 5.74) is 0. The van der Waals surface area contributed by atoms with Crippen LogP contribution in [0.25, 0.3) is 0 Å². The third-order valence-electron chi connectivity index (χ3n) is 0.874. The SMILES string of the molecule is CC(C)C=NCC(C)C.[H-].[Li+]. The summed E-state index contributed by atoms with van der Waals surface area (Å²) in [5.74, 6) is 1.30. The van der Waals surface area contributed by atoms with Gasteiger partial charge in [-0.15, -0.1) is 0 Å². The molecular weight excluding hydrogens is 117 g/mol. The van der Waals surface area contributed by atoms with Gasteiger partial charge in [0.1, 0.15) is 0 Å². The minimum Gasteiger partial charge on any atom is -1.00 e. The van der Waals surface area contributed by atoms with E-state index in [4.69, 9.17) is 0 Å². The summed E-state index contributed by atoms with van der Waals surface area (Å²) in [6.45, 7) is 9.61. The van der Waals surface area contributed by atoms with Crippen LogP contribution in [0.4, 0.5) is 0 Å². The van der Waals surface area contributed by atoms with Gasteiger partial charge in [0.25, 0.3) is 0 Å². The Morgan fingerprint density at radius 2 is 1.80 bits per heavy atom. The Bertz CT molecular complexity index is 92.1. The van der Waals surface area contributed by atoms with Crippen molar-refractivity contribution in [2.75, 3.05) is 6.54 Å². The van der Waals surface area contributed by atoms with Crippen molar-refractivity contribution in [3.8, 4) is 0 Å². The van der Waals surface area contributed by atoms with Crippen LogP contribution in [0.3, 0.4) is 0 Å². The van der Waals surface area contributed by atoms with Crippen LogP contribution in [0.15, 0.2) is 4.99 Å². The quantitative estimate of drug-likeness (QED) is 0.365. The Morgan fingerprint density at radius 1 is 1.30 bits per heavy atom. The molecule has 0 fully saturated rings.